The summed E-state index contributed by atoms with van der Waals surface area (Å²) in [6.45, 7) is 2.53. The Balaban J connectivity index is 2.32. The summed E-state index contributed by atoms with van der Waals surface area (Å²) in [6.07, 6.45) is -3.97. The first-order chi connectivity index (χ1) is 9.13. The van der Waals surface area contributed by atoms with Gasteiger partial charge in [0.15, 0.2) is 0 Å². The lowest BCUT2D eigenvalue weighted by Gasteiger charge is -2.41. The summed E-state index contributed by atoms with van der Waals surface area (Å²) in [6, 6.07) is 2.76. The van der Waals surface area contributed by atoms with Crippen LogP contribution in [0.2, 0.25) is 0 Å². The number of nitrogens with zero attached hydrogens (tertiary/aromatic N) is 1. The third-order valence-corrected chi connectivity index (χ3v) is 4.08. The fourth-order valence-electron chi connectivity index (χ4n) is 2.62. The van der Waals surface area contributed by atoms with Crippen molar-refractivity contribution < 1.29 is 22.7 Å². The Morgan fingerprint density at radius 1 is 1.35 bits per heavy atom. The molecule has 1 aromatic carbocycles. The largest absolute Gasteiger partial charge is 0.419 e. The summed E-state index contributed by atoms with van der Waals surface area (Å²) >= 11 is 0. The van der Waals surface area contributed by atoms with E-state index in [2.05, 4.69) is 4.90 Å². The van der Waals surface area contributed by atoms with E-state index >= 15 is 0 Å². The normalized spacial score (nSPS) is 28.6. The molecule has 1 aliphatic heterocycles. The van der Waals surface area contributed by atoms with Crippen molar-refractivity contribution in [3.8, 4) is 0 Å². The summed E-state index contributed by atoms with van der Waals surface area (Å²) in [5.74, 6) is -1.34. The van der Waals surface area contributed by atoms with E-state index in [0.29, 0.717) is 25.5 Å². The molecule has 0 saturated carbocycles. The van der Waals surface area contributed by atoms with E-state index < -0.39 is 23.2 Å². The van der Waals surface area contributed by atoms with Crippen LogP contribution in [0.4, 0.5) is 17.6 Å². The van der Waals surface area contributed by atoms with Crippen molar-refractivity contribution in [1.82, 2.24) is 4.90 Å². The number of rotatable bonds is 1. The van der Waals surface area contributed by atoms with Gasteiger partial charge in [0.05, 0.1) is 11.2 Å². The Labute approximate surface area is 115 Å². The molecular weight excluding hydrogens is 274 g/mol. The molecule has 2 unspecified atom stereocenters. The molecule has 112 valence electrons. The molecule has 0 aliphatic carbocycles. The Kier molecular flexibility index (Phi) is 3.81. The number of likely N-dealkylation sites (tertiary alicyclic amines) is 1. The smallest absolute Gasteiger partial charge is 0.385 e. The third-order valence-electron chi connectivity index (χ3n) is 4.08. The molecule has 1 saturated heterocycles. The molecule has 1 fully saturated rings. The van der Waals surface area contributed by atoms with Gasteiger partial charge in [0.25, 0.3) is 0 Å². The lowest BCUT2D eigenvalue weighted by molar-refractivity contribution is -0.140. The van der Waals surface area contributed by atoms with Crippen molar-refractivity contribution in [2.75, 3.05) is 13.6 Å². The second-order valence-corrected chi connectivity index (χ2v) is 5.51. The minimum absolute atomic E-state index is 0.0825. The van der Waals surface area contributed by atoms with Gasteiger partial charge in [-0.05, 0) is 44.5 Å². The zero-order chi connectivity index (χ0) is 15.1. The maximum absolute atomic E-state index is 13.6. The van der Waals surface area contributed by atoms with Crippen molar-refractivity contribution >= 4 is 0 Å². The molecule has 2 nitrogen and oxygen atoms in total. The highest BCUT2D eigenvalue weighted by atomic mass is 19.4. The monoisotopic (exact) mass is 291 g/mol. The molecule has 1 heterocycles. The van der Waals surface area contributed by atoms with Gasteiger partial charge in [-0.15, -0.1) is 0 Å². The van der Waals surface area contributed by atoms with Crippen LogP contribution in [0, 0.1) is 5.82 Å². The number of piperidine rings is 1. The zero-order valence-corrected chi connectivity index (χ0v) is 11.3. The van der Waals surface area contributed by atoms with Gasteiger partial charge in [0, 0.05) is 12.6 Å². The Hall–Kier alpha value is -1.14. The third kappa shape index (κ3) is 2.81. The molecule has 1 aromatic rings. The molecule has 0 radical (unpaired) electrons. The second kappa shape index (κ2) is 5.00. The number of benzene rings is 1. The molecule has 2 rings (SSSR count). The van der Waals surface area contributed by atoms with Crippen LogP contribution in [0.3, 0.4) is 0 Å². The fraction of sp³-hybridized carbons (Fsp3) is 0.571. The maximum Gasteiger partial charge on any atom is 0.419 e. The predicted octanol–water partition coefficient (Wildman–Crippen LogP) is 3.15. The Bertz CT molecular complexity index is 502. The minimum Gasteiger partial charge on any atom is -0.385 e. The van der Waals surface area contributed by atoms with Crippen molar-refractivity contribution in [1.29, 1.82) is 0 Å². The molecule has 6 heteroatoms. The summed E-state index contributed by atoms with van der Waals surface area (Å²) in [7, 11) is 1.91. The molecule has 0 spiro atoms. The van der Waals surface area contributed by atoms with Gasteiger partial charge < -0.3 is 10.0 Å². The number of aliphatic hydroxyl groups is 1. The lowest BCUT2D eigenvalue weighted by Crippen LogP contribution is -2.46. The topological polar surface area (TPSA) is 23.5 Å². The average molecular weight is 291 g/mol. The average Bonchev–Trinajstić information content (AvgIpc) is 2.33. The van der Waals surface area contributed by atoms with Crippen LogP contribution in [-0.4, -0.2) is 29.6 Å². The van der Waals surface area contributed by atoms with Gasteiger partial charge in [-0.1, -0.05) is 6.07 Å². The molecule has 2 atom stereocenters. The van der Waals surface area contributed by atoms with Crippen LogP contribution < -0.4 is 0 Å². The second-order valence-electron chi connectivity index (χ2n) is 5.51. The van der Waals surface area contributed by atoms with Crippen LogP contribution >= 0.6 is 0 Å². The molecule has 20 heavy (non-hydrogen) atoms. The van der Waals surface area contributed by atoms with E-state index in [1.807, 2.05) is 14.0 Å². The summed E-state index contributed by atoms with van der Waals surface area (Å²) in [5, 5.41) is 10.6. The Morgan fingerprint density at radius 2 is 2.00 bits per heavy atom. The van der Waals surface area contributed by atoms with Gasteiger partial charge >= 0.3 is 6.18 Å². The molecule has 0 amide bonds. The molecule has 1 N–H and O–H groups in total. The molecule has 0 bridgehead atoms. The minimum atomic E-state index is -4.72. The maximum atomic E-state index is 13.6. The van der Waals surface area contributed by atoms with E-state index in [-0.39, 0.29) is 11.6 Å². The number of halogens is 4. The van der Waals surface area contributed by atoms with E-state index in [4.69, 9.17) is 0 Å². The van der Waals surface area contributed by atoms with Gasteiger partial charge in [0.2, 0.25) is 0 Å². The van der Waals surface area contributed by atoms with Crippen molar-refractivity contribution in [3.63, 3.8) is 0 Å². The predicted molar refractivity (Wildman–Crippen MR) is 66.6 cm³/mol. The number of hydrogen-bond donors (Lipinski definition) is 1. The van der Waals surface area contributed by atoms with E-state index in [9.17, 15) is 22.7 Å². The van der Waals surface area contributed by atoms with Gasteiger partial charge in [-0.25, -0.2) is 4.39 Å². The summed E-state index contributed by atoms with van der Waals surface area (Å²) in [4.78, 5) is 2.05. The van der Waals surface area contributed by atoms with Crippen LogP contribution in [0.1, 0.15) is 30.9 Å². The van der Waals surface area contributed by atoms with Gasteiger partial charge in [-0.2, -0.15) is 13.2 Å². The standard InChI is InChI=1S/C14H17F4NO/c1-9-8-13(20,5-6-19(9)2)10-3-4-11(12(15)7-10)14(16,17)18/h3-4,7,9,20H,5-6,8H2,1-2H3. The molecule has 1 aliphatic rings. The van der Waals surface area contributed by atoms with Gasteiger partial charge in [-0.3, -0.25) is 0 Å². The van der Waals surface area contributed by atoms with Crippen LogP contribution in [0.5, 0.6) is 0 Å². The van der Waals surface area contributed by atoms with Crippen molar-refractivity contribution in [2.45, 2.75) is 37.6 Å². The SMILES string of the molecule is CC1CC(O)(c2ccc(C(F)(F)F)c(F)c2)CCN1C. The highest BCUT2D eigenvalue weighted by molar-refractivity contribution is 5.31. The molecular formula is C14H17F4NO. The van der Waals surface area contributed by atoms with Crippen LogP contribution in [0.15, 0.2) is 18.2 Å². The van der Waals surface area contributed by atoms with Crippen molar-refractivity contribution in [3.05, 3.63) is 35.1 Å². The van der Waals surface area contributed by atoms with Crippen LogP contribution in [-0.2, 0) is 11.8 Å². The zero-order valence-electron chi connectivity index (χ0n) is 11.3. The molecule has 0 aromatic heterocycles. The first-order valence-electron chi connectivity index (χ1n) is 6.43. The summed E-state index contributed by atoms with van der Waals surface area (Å²) < 4.78 is 51.2. The van der Waals surface area contributed by atoms with Crippen molar-refractivity contribution in [2.24, 2.45) is 0 Å². The van der Waals surface area contributed by atoms with Gasteiger partial charge in [0.1, 0.15) is 5.82 Å². The highest BCUT2D eigenvalue weighted by Gasteiger charge is 2.39. The summed E-state index contributed by atoms with van der Waals surface area (Å²) in [5.41, 5.74) is -2.36. The number of alkyl halides is 3. The van der Waals surface area contributed by atoms with E-state index in [0.717, 1.165) is 6.07 Å². The number of hydrogen-bond acceptors (Lipinski definition) is 2. The highest BCUT2D eigenvalue weighted by Crippen LogP contribution is 2.38. The Morgan fingerprint density at radius 3 is 2.50 bits per heavy atom. The van der Waals surface area contributed by atoms with Crippen LogP contribution in [0.25, 0.3) is 0 Å². The fourth-order valence-corrected chi connectivity index (χ4v) is 2.62. The lowest BCUT2D eigenvalue weighted by atomic mass is 9.81. The quantitative estimate of drug-likeness (QED) is 0.804. The van der Waals surface area contributed by atoms with E-state index in [1.54, 1.807) is 0 Å². The van der Waals surface area contributed by atoms with E-state index in [1.165, 1.54) is 6.07 Å². The first kappa shape index (κ1) is 15.3. The first-order valence-corrected chi connectivity index (χ1v) is 6.43.